The minimum absolute atomic E-state index is 0.184. The van der Waals surface area contributed by atoms with Crippen LogP contribution in [0.3, 0.4) is 0 Å². The summed E-state index contributed by atoms with van der Waals surface area (Å²) in [5.74, 6) is -0.184. The predicted octanol–water partition coefficient (Wildman–Crippen LogP) is 2.62. The number of anilines is 1. The van der Waals surface area contributed by atoms with Gasteiger partial charge in [0.25, 0.3) is 0 Å². The van der Waals surface area contributed by atoms with Gasteiger partial charge in [-0.3, -0.25) is 9.52 Å². The molecule has 0 aliphatic rings. The first kappa shape index (κ1) is 20.3. The first-order chi connectivity index (χ1) is 13.9. The molecular formula is C21H22N4O3S. The van der Waals surface area contributed by atoms with Crippen LogP contribution in [0.1, 0.15) is 11.1 Å². The lowest BCUT2D eigenvalue weighted by atomic mass is 10.1. The molecule has 0 fully saturated rings. The molecule has 0 spiro atoms. The maximum absolute atomic E-state index is 12.0. The topological polar surface area (TPSA) is 93.1 Å². The average molecular weight is 410 g/mol. The number of sulfonamides is 1. The summed E-state index contributed by atoms with van der Waals surface area (Å²) in [6.45, 7) is 0.529. The minimum atomic E-state index is -3.30. The van der Waals surface area contributed by atoms with Crippen LogP contribution in [0, 0.1) is 0 Å². The Hall–Kier alpha value is -3.39. The van der Waals surface area contributed by atoms with Crippen molar-refractivity contribution in [2.45, 2.75) is 6.42 Å². The molecule has 3 aromatic rings. The van der Waals surface area contributed by atoms with E-state index in [4.69, 9.17) is 0 Å². The number of amides is 1. The van der Waals surface area contributed by atoms with E-state index in [2.05, 4.69) is 15.1 Å². The lowest BCUT2D eigenvalue weighted by Gasteiger charge is -2.05. The number of hydrogen-bond donors (Lipinski definition) is 2. The number of hydrogen-bond acceptors (Lipinski definition) is 4. The van der Waals surface area contributed by atoms with Crippen LogP contribution >= 0.6 is 0 Å². The molecule has 0 aliphatic heterocycles. The fraction of sp³-hybridized carbons (Fsp3) is 0.143. The number of nitrogens with zero attached hydrogens (tertiary/aromatic N) is 2. The standard InChI is InChI=1S/C21H22N4O3S/c1-29(27,28)24-19-8-3-17(4-9-19)7-12-21(26)22-15-13-18-5-10-20(11-6-18)25-16-2-14-23-25/h2-12,14,16,24H,13,15H2,1H3,(H,22,26)/b12-7+. The summed E-state index contributed by atoms with van der Waals surface area (Å²) in [5, 5.41) is 7.04. The van der Waals surface area contributed by atoms with Crippen LogP contribution in [0.2, 0.25) is 0 Å². The number of carbonyl (C=O) groups excluding carboxylic acids is 1. The van der Waals surface area contributed by atoms with Gasteiger partial charge in [0.1, 0.15) is 0 Å². The number of carbonyl (C=O) groups is 1. The van der Waals surface area contributed by atoms with Crippen LogP contribution in [-0.4, -0.2) is 36.9 Å². The van der Waals surface area contributed by atoms with Crippen molar-refractivity contribution in [1.29, 1.82) is 0 Å². The number of nitrogens with one attached hydrogen (secondary N) is 2. The maximum atomic E-state index is 12.0. The summed E-state index contributed by atoms with van der Waals surface area (Å²) >= 11 is 0. The highest BCUT2D eigenvalue weighted by Gasteiger charge is 2.02. The van der Waals surface area contributed by atoms with Gasteiger partial charge in [0.15, 0.2) is 0 Å². The van der Waals surface area contributed by atoms with Gasteiger partial charge in [-0.2, -0.15) is 5.10 Å². The second-order valence-corrected chi connectivity index (χ2v) is 8.24. The Morgan fingerprint density at radius 3 is 2.45 bits per heavy atom. The molecule has 0 radical (unpaired) electrons. The largest absolute Gasteiger partial charge is 0.352 e. The summed E-state index contributed by atoms with van der Waals surface area (Å²) < 4.78 is 26.6. The van der Waals surface area contributed by atoms with Crippen molar-refractivity contribution in [3.8, 4) is 5.69 Å². The highest BCUT2D eigenvalue weighted by atomic mass is 32.2. The molecule has 0 aliphatic carbocycles. The molecule has 3 rings (SSSR count). The Balaban J connectivity index is 1.45. The van der Waals surface area contributed by atoms with Gasteiger partial charge in [-0.05, 0) is 54.0 Å². The van der Waals surface area contributed by atoms with E-state index < -0.39 is 10.0 Å². The molecule has 1 aromatic heterocycles. The molecular weight excluding hydrogens is 388 g/mol. The van der Waals surface area contributed by atoms with Gasteiger partial charge in [-0.15, -0.1) is 0 Å². The SMILES string of the molecule is CS(=O)(=O)Nc1ccc(/C=C/C(=O)NCCc2ccc(-n3cccn3)cc2)cc1. The van der Waals surface area contributed by atoms with Crippen molar-refractivity contribution in [3.05, 3.63) is 84.2 Å². The summed E-state index contributed by atoms with van der Waals surface area (Å²) in [6, 6.07) is 16.7. The van der Waals surface area contributed by atoms with Crippen LogP contribution in [0.4, 0.5) is 5.69 Å². The molecule has 0 atom stereocenters. The van der Waals surface area contributed by atoms with Gasteiger partial charge in [0, 0.05) is 30.7 Å². The summed E-state index contributed by atoms with van der Waals surface area (Å²) in [7, 11) is -3.30. The number of rotatable bonds is 8. The quantitative estimate of drug-likeness (QED) is 0.558. The van der Waals surface area contributed by atoms with E-state index in [1.54, 1.807) is 41.2 Å². The van der Waals surface area contributed by atoms with E-state index in [-0.39, 0.29) is 5.91 Å². The second-order valence-electron chi connectivity index (χ2n) is 6.49. The van der Waals surface area contributed by atoms with E-state index in [9.17, 15) is 13.2 Å². The monoisotopic (exact) mass is 410 g/mol. The Labute approximate surface area is 170 Å². The van der Waals surface area contributed by atoms with Crippen LogP contribution in [0.15, 0.2) is 73.1 Å². The van der Waals surface area contributed by atoms with Gasteiger partial charge in [0.2, 0.25) is 15.9 Å². The van der Waals surface area contributed by atoms with E-state index >= 15 is 0 Å². The van der Waals surface area contributed by atoms with Crippen molar-refractivity contribution in [2.24, 2.45) is 0 Å². The molecule has 1 amide bonds. The van der Waals surface area contributed by atoms with E-state index in [1.807, 2.05) is 36.5 Å². The molecule has 8 heteroatoms. The zero-order valence-corrected chi connectivity index (χ0v) is 16.8. The van der Waals surface area contributed by atoms with Crippen LogP contribution in [0.5, 0.6) is 0 Å². The number of benzene rings is 2. The highest BCUT2D eigenvalue weighted by molar-refractivity contribution is 7.92. The molecule has 7 nitrogen and oxygen atoms in total. The Kier molecular flexibility index (Phi) is 6.46. The molecule has 2 N–H and O–H groups in total. The fourth-order valence-electron chi connectivity index (χ4n) is 2.67. The lowest BCUT2D eigenvalue weighted by molar-refractivity contribution is -0.116. The average Bonchev–Trinajstić information content (AvgIpc) is 3.22. The smallest absolute Gasteiger partial charge is 0.244 e. The predicted molar refractivity (Wildman–Crippen MR) is 114 cm³/mol. The van der Waals surface area contributed by atoms with Crippen LogP contribution < -0.4 is 10.0 Å². The molecule has 29 heavy (non-hydrogen) atoms. The first-order valence-electron chi connectivity index (χ1n) is 9.02. The highest BCUT2D eigenvalue weighted by Crippen LogP contribution is 2.12. The van der Waals surface area contributed by atoms with Crippen molar-refractivity contribution < 1.29 is 13.2 Å². The third-order valence-corrected chi connectivity index (χ3v) is 4.67. The van der Waals surface area contributed by atoms with Gasteiger partial charge in [-0.1, -0.05) is 24.3 Å². The van der Waals surface area contributed by atoms with E-state index in [0.717, 1.165) is 29.5 Å². The molecule has 0 saturated heterocycles. The Morgan fingerprint density at radius 1 is 1.10 bits per heavy atom. The maximum Gasteiger partial charge on any atom is 0.244 e. The Morgan fingerprint density at radius 2 is 1.83 bits per heavy atom. The van der Waals surface area contributed by atoms with Crippen LogP contribution in [-0.2, 0) is 21.2 Å². The molecule has 2 aromatic carbocycles. The molecule has 150 valence electrons. The normalized spacial score (nSPS) is 11.5. The van der Waals surface area contributed by atoms with Crippen molar-refractivity contribution in [2.75, 3.05) is 17.5 Å². The fourth-order valence-corrected chi connectivity index (χ4v) is 3.24. The zero-order valence-electron chi connectivity index (χ0n) is 15.9. The number of aromatic nitrogens is 2. The molecule has 1 heterocycles. The minimum Gasteiger partial charge on any atom is -0.352 e. The first-order valence-corrected chi connectivity index (χ1v) is 10.9. The van der Waals surface area contributed by atoms with Crippen molar-refractivity contribution in [1.82, 2.24) is 15.1 Å². The van der Waals surface area contributed by atoms with Crippen LogP contribution in [0.25, 0.3) is 11.8 Å². The van der Waals surface area contributed by atoms with Gasteiger partial charge < -0.3 is 5.32 Å². The third kappa shape index (κ3) is 6.62. The molecule has 0 unspecified atom stereocenters. The van der Waals surface area contributed by atoms with Crippen molar-refractivity contribution >= 4 is 27.7 Å². The molecule has 0 bridgehead atoms. The Bertz CT molecular complexity index is 1070. The lowest BCUT2D eigenvalue weighted by Crippen LogP contribution is -2.23. The second kappa shape index (κ2) is 9.20. The van der Waals surface area contributed by atoms with Gasteiger partial charge >= 0.3 is 0 Å². The van der Waals surface area contributed by atoms with E-state index in [0.29, 0.717) is 12.2 Å². The van der Waals surface area contributed by atoms with Gasteiger partial charge in [-0.25, -0.2) is 13.1 Å². The summed E-state index contributed by atoms with van der Waals surface area (Å²) in [4.78, 5) is 12.0. The molecule has 0 saturated carbocycles. The summed E-state index contributed by atoms with van der Waals surface area (Å²) in [6.07, 6.45) is 8.58. The van der Waals surface area contributed by atoms with Crippen molar-refractivity contribution in [3.63, 3.8) is 0 Å². The van der Waals surface area contributed by atoms with Gasteiger partial charge in [0.05, 0.1) is 11.9 Å². The van der Waals surface area contributed by atoms with E-state index in [1.165, 1.54) is 6.08 Å². The zero-order chi connectivity index (χ0) is 20.7. The third-order valence-electron chi connectivity index (χ3n) is 4.06. The summed E-state index contributed by atoms with van der Waals surface area (Å²) in [5.41, 5.74) is 3.39.